The van der Waals surface area contributed by atoms with E-state index in [1.54, 1.807) is 4.90 Å². The summed E-state index contributed by atoms with van der Waals surface area (Å²) < 4.78 is 6.22. The second kappa shape index (κ2) is 10.9. The first kappa shape index (κ1) is 24.1. The standard InChI is InChI=1S/C26H31BrClN3O2/c1-3-5-12-29-24-21-8-6-18-15-19(28)7-9-20(18)23(25(21)30-16-22(24)27)17-10-13-31(14-11-17)26(32)33-4-2/h7,9,15-16H,3-6,8,10-14H2,1-2H3,(H,29,30). The van der Waals surface area contributed by atoms with Crippen LogP contribution in [0.5, 0.6) is 0 Å². The number of fused-ring (bicyclic) bond motifs is 2. The number of halogens is 2. The van der Waals surface area contributed by atoms with Crippen LogP contribution < -0.4 is 5.32 Å². The third-order valence-electron chi connectivity index (χ3n) is 6.43. The molecule has 1 N–H and O–H groups in total. The summed E-state index contributed by atoms with van der Waals surface area (Å²) in [5.74, 6) is 0. The molecule has 1 aliphatic heterocycles. The number of pyridine rings is 1. The molecule has 0 bridgehead atoms. The first-order chi connectivity index (χ1) is 16.0. The van der Waals surface area contributed by atoms with Crippen LogP contribution in [0.2, 0.25) is 5.02 Å². The molecule has 2 aliphatic rings. The molecule has 0 radical (unpaired) electrons. The van der Waals surface area contributed by atoms with E-state index in [1.165, 1.54) is 27.8 Å². The van der Waals surface area contributed by atoms with Gasteiger partial charge in [-0.05, 0) is 78.2 Å². The number of amides is 1. The third-order valence-corrected chi connectivity index (χ3v) is 7.27. The number of benzene rings is 1. The van der Waals surface area contributed by atoms with Crippen molar-refractivity contribution < 1.29 is 9.53 Å². The number of aryl methyl sites for hydroxylation is 1. The monoisotopic (exact) mass is 531 g/mol. The molecule has 0 unspecified atom stereocenters. The molecule has 0 saturated carbocycles. The molecular weight excluding hydrogens is 502 g/mol. The second-order valence-electron chi connectivity index (χ2n) is 8.55. The van der Waals surface area contributed by atoms with Gasteiger partial charge < -0.3 is 15.0 Å². The van der Waals surface area contributed by atoms with Crippen LogP contribution in [-0.4, -0.2) is 42.2 Å². The number of carbonyl (C=O) groups excluding carboxylic acids is 1. The summed E-state index contributed by atoms with van der Waals surface area (Å²) in [5, 5.41) is 4.42. The molecule has 1 fully saturated rings. The Bertz CT molecular complexity index is 1060. The van der Waals surface area contributed by atoms with E-state index in [0.717, 1.165) is 65.9 Å². The van der Waals surface area contributed by atoms with Gasteiger partial charge in [0.25, 0.3) is 0 Å². The maximum atomic E-state index is 12.2. The minimum absolute atomic E-state index is 0.223. The Kier molecular flexibility index (Phi) is 7.97. The predicted molar refractivity (Wildman–Crippen MR) is 138 cm³/mol. The molecule has 1 aromatic heterocycles. The van der Waals surface area contributed by atoms with E-state index in [0.29, 0.717) is 19.7 Å². The van der Waals surface area contributed by atoms with E-state index in [-0.39, 0.29) is 6.09 Å². The van der Waals surface area contributed by atoms with Crippen LogP contribution in [0.15, 0.2) is 34.4 Å². The quantitative estimate of drug-likeness (QED) is 0.427. The Hall–Kier alpha value is -2.05. The highest BCUT2D eigenvalue weighted by molar-refractivity contribution is 9.10. The Labute approximate surface area is 209 Å². The number of unbranched alkanes of at least 4 members (excludes halogenated alkanes) is 1. The molecule has 5 nitrogen and oxygen atoms in total. The lowest BCUT2D eigenvalue weighted by Gasteiger charge is -2.29. The molecule has 1 aromatic carbocycles. The van der Waals surface area contributed by atoms with Crippen LogP contribution in [0.3, 0.4) is 0 Å². The average Bonchev–Trinajstić information content (AvgIpc) is 2.97. The summed E-state index contributed by atoms with van der Waals surface area (Å²) in [6.45, 7) is 6.70. The van der Waals surface area contributed by atoms with Gasteiger partial charge in [0, 0.05) is 42.0 Å². The molecule has 2 heterocycles. The molecule has 4 rings (SSSR count). The lowest BCUT2D eigenvalue weighted by atomic mass is 9.88. The number of piperidine rings is 1. The lowest BCUT2D eigenvalue weighted by molar-refractivity contribution is 0.104. The SMILES string of the molecule is CCCCNc1c(Br)cnc2c1CCc1cc(Cl)ccc1C2=C1CCN(C(=O)OCC)CC1. The minimum Gasteiger partial charge on any atom is -0.450 e. The van der Waals surface area contributed by atoms with Gasteiger partial charge in [0.1, 0.15) is 0 Å². The molecule has 2 aromatic rings. The Morgan fingerprint density at radius 2 is 2.00 bits per heavy atom. The first-order valence-electron chi connectivity index (χ1n) is 11.9. The molecule has 1 saturated heterocycles. The number of carbonyl (C=O) groups is 1. The fraction of sp³-hybridized carbons (Fsp3) is 0.462. The number of anilines is 1. The van der Waals surface area contributed by atoms with E-state index in [1.807, 2.05) is 19.2 Å². The van der Waals surface area contributed by atoms with Gasteiger partial charge in [-0.1, -0.05) is 36.6 Å². The van der Waals surface area contributed by atoms with Crippen molar-refractivity contribution >= 4 is 44.9 Å². The van der Waals surface area contributed by atoms with Crippen LogP contribution in [-0.2, 0) is 17.6 Å². The van der Waals surface area contributed by atoms with E-state index in [9.17, 15) is 4.79 Å². The van der Waals surface area contributed by atoms with Gasteiger partial charge >= 0.3 is 6.09 Å². The van der Waals surface area contributed by atoms with Gasteiger partial charge in [-0.2, -0.15) is 0 Å². The van der Waals surface area contributed by atoms with Crippen molar-refractivity contribution in [3.63, 3.8) is 0 Å². The lowest BCUT2D eigenvalue weighted by Crippen LogP contribution is -2.37. The molecule has 1 amide bonds. The van der Waals surface area contributed by atoms with Crippen molar-refractivity contribution in [1.82, 2.24) is 9.88 Å². The second-order valence-corrected chi connectivity index (χ2v) is 9.85. The van der Waals surface area contributed by atoms with Gasteiger partial charge in [-0.25, -0.2) is 4.79 Å². The smallest absolute Gasteiger partial charge is 0.409 e. The minimum atomic E-state index is -0.223. The van der Waals surface area contributed by atoms with Crippen molar-refractivity contribution in [1.29, 1.82) is 0 Å². The zero-order valence-electron chi connectivity index (χ0n) is 19.3. The Balaban J connectivity index is 1.79. The fourth-order valence-electron chi connectivity index (χ4n) is 4.75. The van der Waals surface area contributed by atoms with Crippen LogP contribution in [0.1, 0.15) is 61.9 Å². The van der Waals surface area contributed by atoms with Crippen molar-refractivity contribution in [2.75, 3.05) is 31.6 Å². The average molecular weight is 533 g/mol. The summed E-state index contributed by atoms with van der Waals surface area (Å²) in [7, 11) is 0. The van der Waals surface area contributed by atoms with Crippen molar-refractivity contribution in [2.24, 2.45) is 0 Å². The zero-order chi connectivity index (χ0) is 23.4. The number of nitrogens with zero attached hydrogens (tertiary/aromatic N) is 2. The molecule has 0 atom stereocenters. The highest BCUT2D eigenvalue weighted by Gasteiger charge is 2.28. The summed E-state index contributed by atoms with van der Waals surface area (Å²) in [6, 6.07) is 6.20. The van der Waals surface area contributed by atoms with Crippen LogP contribution in [0, 0.1) is 0 Å². The summed E-state index contributed by atoms with van der Waals surface area (Å²) in [5.41, 5.74) is 8.48. The van der Waals surface area contributed by atoms with Crippen LogP contribution in [0.4, 0.5) is 10.5 Å². The highest BCUT2D eigenvalue weighted by atomic mass is 79.9. The topological polar surface area (TPSA) is 54.5 Å². The molecule has 176 valence electrons. The number of ether oxygens (including phenoxy) is 1. The van der Waals surface area contributed by atoms with Gasteiger partial charge in [0.05, 0.1) is 22.5 Å². The normalized spacial score (nSPS) is 15.6. The predicted octanol–water partition coefficient (Wildman–Crippen LogP) is 6.86. The fourth-order valence-corrected chi connectivity index (χ4v) is 5.43. The number of hydrogen-bond donors (Lipinski definition) is 1. The molecule has 7 heteroatoms. The van der Waals surface area contributed by atoms with E-state index >= 15 is 0 Å². The summed E-state index contributed by atoms with van der Waals surface area (Å²) in [6.07, 6.45) is 7.40. The van der Waals surface area contributed by atoms with Crippen molar-refractivity contribution in [2.45, 2.75) is 52.4 Å². The van der Waals surface area contributed by atoms with Gasteiger partial charge in [0.2, 0.25) is 0 Å². The van der Waals surface area contributed by atoms with Gasteiger partial charge in [-0.3, -0.25) is 4.98 Å². The Morgan fingerprint density at radius 1 is 1.21 bits per heavy atom. The highest BCUT2D eigenvalue weighted by Crippen LogP contribution is 2.42. The largest absolute Gasteiger partial charge is 0.450 e. The molecule has 0 spiro atoms. The molecule has 1 aliphatic carbocycles. The first-order valence-corrected chi connectivity index (χ1v) is 13.0. The maximum absolute atomic E-state index is 12.2. The number of rotatable bonds is 5. The molecule has 33 heavy (non-hydrogen) atoms. The van der Waals surface area contributed by atoms with Crippen LogP contribution in [0.25, 0.3) is 5.57 Å². The Morgan fingerprint density at radius 3 is 2.73 bits per heavy atom. The number of hydrogen-bond acceptors (Lipinski definition) is 4. The summed E-state index contributed by atoms with van der Waals surface area (Å²) in [4.78, 5) is 19.0. The zero-order valence-corrected chi connectivity index (χ0v) is 21.7. The van der Waals surface area contributed by atoms with Crippen molar-refractivity contribution in [3.05, 3.63) is 61.8 Å². The number of aromatic nitrogens is 1. The number of likely N-dealkylation sites (tertiary alicyclic amines) is 1. The van der Waals surface area contributed by atoms with E-state index in [4.69, 9.17) is 21.3 Å². The maximum Gasteiger partial charge on any atom is 0.409 e. The van der Waals surface area contributed by atoms with Gasteiger partial charge in [-0.15, -0.1) is 0 Å². The molecular formula is C26H31BrClN3O2. The van der Waals surface area contributed by atoms with E-state index < -0.39 is 0 Å². The number of nitrogens with one attached hydrogen (secondary N) is 1. The van der Waals surface area contributed by atoms with E-state index in [2.05, 4.69) is 40.3 Å². The summed E-state index contributed by atoms with van der Waals surface area (Å²) >= 11 is 10.1. The van der Waals surface area contributed by atoms with Crippen LogP contribution >= 0.6 is 27.5 Å². The van der Waals surface area contributed by atoms with Crippen molar-refractivity contribution in [3.8, 4) is 0 Å². The van der Waals surface area contributed by atoms with Gasteiger partial charge in [0.15, 0.2) is 0 Å². The third kappa shape index (κ3) is 5.22.